The lowest BCUT2D eigenvalue weighted by Gasteiger charge is -2.11. The zero-order chi connectivity index (χ0) is 13.8. The molecule has 0 unspecified atom stereocenters. The average Bonchev–Trinajstić information content (AvgIpc) is 2.71. The first-order valence-corrected chi connectivity index (χ1v) is 7.31. The van der Waals surface area contributed by atoms with Crippen LogP contribution in [0.2, 0.25) is 0 Å². The predicted molar refractivity (Wildman–Crippen MR) is 78.6 cm³/mol. The van der Waals surface area contributed by atoms with E-state index in [1.165, 1.54) is 11.3 Å². The van der Waals surface area contributed by atoms with Crippen molar-refractivity contribution < 1.29 is 4.79 Å². The van der Waals surface area contributed by atoms with Gasteiger partial charge in [-0.05, 0) is 25.5 Å². The maximum absolute atomic E-state index is 11.9. The molecule has 0 spiro atoms. The molecular weight excluding hydrogens is 260 g/mol. The fourth-order valence-electron chi connectivity index (χ4n) is 1.89. The summed E-state index contributed by atoms with van der Waals surface area (Å²) >= 11 is 1.22. The van der Waals surface area contributed by atoms with E-state index in [-0.39, 0.29) is 16.8 Å². The highest BCUT2D eigenvalue weighted by atomic mass is 32.1. The smallest absolute Gasteiger partial charge is 0.308 e. The van der Waals surface area contributed by atoms with Gasteiger partial charge >= 0.3 is 4.87 Å². The van der Waals surface area contributed by atoms with E-state index in [0.717, 1.165) is 16.6 Å². The van der Waals surface area contributed by atoms with Crippen molar-refractivity contribution >= 4 is 27.5 Å². The van der Waals surface area contributed by atoms with Crippen molar-refractivity contribution in [3.63, 3.8) is 0 Å². The number of carbonyl (C=O) groups is 1. The van der Waals surface area contributed by atoms with E-state index < -0.39 is 0 Å². The van der Waals surface area contributed by atoms with Gasteiger partial charge in [0.1, 0.15) is 0 Å². The number of para-hydroxylation sites is 1. The van der Waals surface area contributed by atoms with Crippen LogP contribution in [0.5, 0.6) is 0 Å². The Morgan fingerprint density at radius 2 is 2.16 bits per heavy atom. The number of rotatable bonds is 5. The van der Waals surface area contributed by atoms with E-state index in [4.69, 9.17) is 0 Å². The Morgan fingerprint density at radius 3 is 2.89 bits per heavy atom. The van der Waals surface area contributed by atoms with E-state index in [9.17, 15) is 9.59 Å². The third-order valence-electron chi connectivity index (χ3n) is 3.16. The molecule has 1 atom stereocenters. The number of aryl methyl sites for hydroxylation is 1. The molecule has 1 aromatic carbocycles. The molecule has 0 radical (unpaired) electrons. The molecule has 19 heavy (non-hydrogen) atoms. The van der Waals surface area contributed by atoms with Crippen LogP contribution in [0, 0.1) is 0 Å². The van der Waals surface area contributed by atoms with Gasteiger partial charge in [0.15, 0.2) is 0 Å². The molecule has 1 amide bonds. The third kappa shape index (κ3) is 3.23. The fraction of sp³-hybridized carbons (Fsp3) is 0.429. The number of aromatic nitrogens is 1. The molecule has 0 fully saturated rings. The van der Waals surface area contributed by atoms with Gasteiger partial charge < -0.3 is 5.32 Å². The first-order chi connectivity index (χ1) is 9.11. The van der Waals surface area contributed by atoms with Crippen LogP contribution in [0.1, 0.15) is 26.7 Å². The van der Waals surface area contributed by atoms with Gasteiger partial charge in [0.25, 0.3) is 0 Å². The normalized spacial score (nSPS) is 12.5. The Morgan fingerprint density at radius 1 is 1.42 bits per heavy atom. The van der Waals surface area contributed by atoms with Gasteiger partial charge in [0, 0.05) is 19.0 Å². The largest absolute Gasteiger partial charge is 0.354 e. The Balaban J connectivity index is 2.08. The van der Waals surface area contributed by atoms with Crippen molar-refractivity contribution in [1.29, 1.82) is 0 Å². The zero-order valence-corrected chi connectivity index (χ0v) is 12.0. The number of amides is 1. The molecule has 0 aliphatic rings. The summed E-state index contributed by atoms with van der Waals surface area (Å²) in [6.07, 6.45) is 1.25. The van der Waals surface area contributed by atoms with Gasteiger partial charge in [-0.3, -0.25) is 14.2 Å². The summed E-state index contributed by atoms with van der Waals surface area (Å²) in [5, 5.41) is 2.91. The highest BCUT2D eigenvalue weighted by Gasteiger charge is 2.10. The van der Waals surface area contributed by atoms with Crippen molar-refractivity contribution in [1.82, 2.24) is 9.88 Å². The summed E-state index contributed by atoms with van der Waals surface area (Å²) < 4.78 is 2.64. The zero-order valence-electron chi connectivity index (χ0n) is 11.2. The van der Waals surface area contributed by atoms with E-state index in [0.29, 0.717) is 13.0 Å². The summed E-state index contributed by atoms with van der Waals surface area (Å²) in [6.45, 7) is 4.44. The van der Waals surface area contributed by atoms with Crippen LogP contribution in [0.25, 0.3) is 10.2 Å². The molecule has 2 rings (SSSR count). The summed E-state index contributed by atoms with van der Waals surface area (Å²) in [5.74, 6) is -0.00321. The minimum atomic E-state index is -0.00321. The van der Waals surface area contributed by atoms with Gasteiger partial charge in [-0.15, -0.1) is 0 Å². The predicted octanol–water partition coefficient (Wildman–Crippen LogP) is 2.37. The lowest BCUT2D eigenvalue weighted by atomic mass is 10.2. The number of fused-ring (bicyclic) bond motifs is 1. The summed E-state index contributed by atoms with van der Waals surface area (Å²) in [4.78, 5) is 23.6. The van der Waals surface area contributed by atoms with Crippen molar-refractivity contribution in [2.75, 3.05) is 0 Å². The lowest BCUT2D eigenvalue weighted by molar-refractivity contribution is -0.121. The fourth-order valence-corrected chi connectivity index (χ4v) is 2.81. The third-order valence-corrected chi connectivity index (χ3v) is 4.12. The second kappa shape index (κ2) is 6.02. The first kappa shape index (κ1) is 13.8. The van der Waals surface area contributed by atoms with Crippen LogP contribution < -0.4 is 10.2 Å². The van der Waals surface area contributed by atoms with Crippen molar-refractivity contribution in [3.05, 3.63) is 33.9 Å². The highest BCUT2D eigenvalue weighted by molar-refractivity contribution is 7.16. The molecule has 0 saturated carbocycles. The second-order valence-corrected chi connectivity index (χ2v) is 5.61. The highest BCUT2D eigenvalue weighted by Crippen LogP contribution is 2.16. The van der Waals surface area contributed by atoms with E-state index >= 15 is 0 Å². The standard InChI is InChI=1S/C14H18N2O2S/c1-3-10(2)15-13(17)8-9-16-11-6-4-5-7-12(11)19-14(16)18/h4-7,10H,3,8-9H2,1-2H3,(H,15,17)/t10-/m1/s1. The Bertz CT molecular complexity index is 630. The van der Waals surface area contributed by atoms with Crippen molar-refractivity contribution in [2.24, 2.45) is 0 Å². The van der Waals surface area contributed by atoms with Gasteiger partial charge in [-0.25, -0.2) is 0 Å². The number of benzene rings is 1. The molecule has 5 heteroatoms. The molecule has 2 aromatic rings. The number of hydrogen-bond acceptors (Lipinski definition) is 3. The van der Waals surface area contributed by atoms with Crippen LogP contribution >= 0.6 is 11.3 Å². The molecule has 0 bridgehead atoms. The number of thiazole rings is 1. The van der Waals surface area contributed by atoms with Crippen molar-refractivity contribution in [2.45, 2.75) is 39.3 Å². The van der Waals surface area contributed by atoms with Crippen LogP contribution in [-0.2, 0) is 11.3 Å². The minimum Gasteiger partial charge on any atom is -0.354 e. The Kier molecular flexibility index (Phi) is 4.37. The molecule has 0 aliphatic carbocycles. The maximum atomic E-state index is 11.9. The van der Waals surface area contributed by atoms with E-state index in [1.54, 1.807) is 4.57 Å². The number of nitrogens with zero attached hydrogens (tertiary/aromatic N) is 1. The Hall–Kier alpha value is -1.62. The lowest BCUT2D eigenvalue weighted by Crippen LogP contribution is -2.33. The molecule has 1 N–H and O–H groups in total. The monoisotopic (exact) mass is 278 g/mol. The van der Waals surface area contributed by atoms with Gasteiger partial charge in [-0.2, -0.15) is 0 Å². The summed E-state index contributed by atoms with van der Waals surface area (Å²) in [5.41, 5.74) is 0.911. The van der Waals surface area contributed by atoms with Gasteiger partial charge in [0.05, 0.1) is 10.2 Å². The first-order valence-electron chi connectivity index (χ1n) is 6.49. The SMILES string of the molecule is CC[C@@H](C)NC(=O)CCn1c(=O)sc2ccccc21. The minimum absolute atomic E-state index is 0.00228. The molecule has 1 heterocycles. The maximum Gasteiger partial charge on any atom is 0.308 e. The number of carbonyl (C=O) groups excluding carboxylic acids is 1. The topological polar surface area (TPSA) is 51.1 Å². The van der Waals surface area contributed by atoms with E-state index in [1.807, 2.05) is 38.1 Å². The van der Waals surface area contributed by atoms with Crippen LogP contribution in [0.3, 0.4) is 0 Å². The van der Waals surface area contributed by atoms with Gasteiger partial charge in [-0.1, -0.05) is 30.4 Å². The summed E-state index contributed by atoms with van der Waals surface area (Å²) in [7, 11) is 0. The van der Waals surface area contributed by atoms with Crippen LogP contribution in [0.4, 0.5) is 0 Å². The Labute approximate surface area is 116 Å². The molecule has 4 nitrogen and oxygen atoms in total. The van der Waals surface area contributed by atoms with Crippen LogP contribution in [0.15, 0.2) is 29.1 Å². The molecule has 102 valence electrons. The molecule has 0 aliphatic heterocycles. The second-order valence-electron chi connectivity index (χ2n) is 4.61. The van der Waals surface area contributed by atoms with Gasteiger partial charge in [0.2, 0.25) is 5.91 Å². The molecule has 0 saturated heterocycles. The van der Waals surface area contributed by atoms with Crippen LogP contribution in [-0.4, -0.2) is 16.5 Å². The number of hydrogen-bond donors (Lipinski definition) is 1. The summed E-state index contributed by atoms with van der Waals surface area (Å²) in [6, 6.07) is 7.85. The average molecular weight is 278 g/mol. The molecule has 1 aromatic heterocycles. The quantitative estimate of drug-likeness (QED) is 0.913. The van der Waals surface area contributed by atoms with Crippen molar-refractivity contribution in [3.8, 4) is 0 Å². The molecular formula is C14H18N2O2S. The van der Waals surface area contributed by atoms with E-state index in [2.05, 4.69) is 5.32 Å². The number of nitrogens with one attached hydrogen (secondary N) is 1.